The Morgan fingerprint density at radius 1 is 0.600 bits per heavy atom. The second kappa shape index (κ2) is 15.2. The average Bonchev–Trinajstić information content (AvgIpc) is 2.62. The van der Waals surface area contributed by atoms with Gasteiger partial charge in [0, 0.05) is 13.1 Å². The summed E-state index contributed by atoms with van der Waals surface area (Å²) in [4.78, 5) is 25.3. The van der Waals surface area contributed by atoms with Crippen LogP contribution in [0, 0.1) is 5.41 Å². The first-order valence-corrected chi connectivity index (χ1v) is 10.7. The zero-order chi connectivity index (χ0) is 19.0. The van der Waals surface area contributed by atoms with Crippen LogP contribution in [0.5, 0.6) is 0 Å². The smallest absolute Gasteiger partial charge is 0.235 e. The lowest BCUT2D eigenvalue weighted by Gasteiger charge is -2.29. The van der Waals surface area contributed by atoms with Crippen molar-refractivity contribution in [3.63, 3.8) is 0 Å². The Morgan fingerprint density at radius 3 is 1.28 bits per heavy atom. The van der Waals surface area contributed by atoms with Crippen molar-refractivity contribution in [2.45, 2.75) is 105 Å². The fourth-order valence-electron chi connectivity index (χ4n) is 3.19. The van der Waals surface area contributed by atoms with E-state index >= 15 is 0 Å². The molecule has 0 aromatic carbocycles. The molecule has 0 fully saturated rings. The van der Waals surface area contributed by atoms with Crippen molar-refractivity contribution in [2.24, 2.45) is 5.41 Å². The maximum Gasteiger partial charge on any atom is 0.235 e. The molecule has 2 N–H and O–H groups in total. The molecule has 0 heterocycles. The number of amides is 2. The van der Waals surface area contributed by atoms with E-state index in [9.17, 15) is 9.59 Å². The highest BCUT2D eigenvalue weighted by Crippen LogP contribution is 2.27. The van der Waals surface area contributed by atoms with Crippen LogP contribution in [-0.4, -0.2) is 24.9 Å². The molecule has 0 aromatic rings. The van der Waals surface area contributed by atoms with Gasteiger partial charge in [0.05, 0.1) is 0 Å². The predicted molar refractivity (Wildman–Crippen MR) is 107 cm³/mol. The Morgan fingerprint density at radius 2 is 0.960 bits per heavy atom. The fourth-order valence-corrected chi connectivity index (χ4v) is 3.19. The SMILES string of the molecule is CCCCCCCNC(=O)C(CC)(CC)C(=O)NCCCCCCC. The standard InChI is InChI=1S/C21H42N2O2/c1-5-9-11-13-15-17-22-19(24)21(7-3,8-4)20(25)23-18-16-14-12-10-6-2/h5-18H2,1-4H3,(H,22,24)(H,23,25). The molecule has 2 amide bonds. The lowest BCUT2D eigenvalue weighted by Crippen LogP contribution is -2.51. The van der Waals surface area contributed by atoms with Gasteiger partial charge in [0.1, 0.15) is 5.41 Å². The summed E-state index contributed by atoms with van der Waals surface area (Å²) >= 11 is 0. The molecule has 0 aromatic heterocycles. The van der Waals surface area contributed by atoms with E-state index in [1.54, 1.807) is 0 Å². The summed E-state index contributed by atoms with van der Waals surface area (Å²) in [6, 6.07) is 0. The van der Waals surface area contributed by atoms with Crippen LogP contribution < -0.4 is 10.6 Å². The van der Waals surface area contributed by atoms with E-state index in [0.717, 1.165) is 25.7 Å². The third kappa shape index (κ3) is 9.27. The third-order valence-electron chi connectivity index (χ3n) is 5.21. The number of hydrogen-bond acceptors (Lipinski definition) is 2. The summed E-state index contributed by atoms with van der Waals surface area (Å²) in [5.41, 5.74) is -0.910. The van der Waals surface area contributed by atoms with E-state index in [1.807, 2.05) is 13.8 Å². The van der Waals surface area contributed by atoms with Crippen LogP contribution >= 0.6 is 0 Å². The number of carbonyl (C=O) groups is 2. The molecule has 0 aliphatic heterocycles. The molecule has 0 radical (unpaired) electrons. The maximum absolute atomic E-state index is 12.7. The van der Waals surface area contributed by atoms with Crippen LogP contribution in [0.25, 0.3) is 0 Å². The van der Waals surface area contributed by atoms with Gasteiger partial charge in [-0.2, -0.15) is 0 Å². The molecule has 0 aliphatic rings. The zero-order valence-corrected chi connectivity index (χ0v) is 17.2. The largest absolute Gasteiger partial charge is 0.355 e. The lowest BCUT2D eigenvalue weighted by atomic mass is 9.80. The lowest BCUT2D eigenvalue weighted by molar-refractivity contribution is -0.144. The highest BCUT2D eigenvalue weighted by atomic mass is 16.2. The Kier molecular flexibility index (Phi) is 14.6. The molecule has 0 rings (SSSR count). The van der Waals surface area contributed by atoms with Gasteiger partial charge in [-0.1, -0.05) is 79.1 Å². The molecule has 0 spiro atoms. The predicted octanol–water partition coefficient (Wildman–Crippen LogP) is 4.97. The van der Waals surface area contributed by atoms with Crippen LogP contribution in [0.4, 0.5) is 0 Å². The molecule has 0 bridgehead atoms. The Balaban J connectivity index is 4.30. The van der Waals surface area contributed by atoms with E-state index < -0.39 is 5.41 Å². The monoisotopic (exact) mass is 354 g/mol. The minimum Gasteiger partial charge on any atom is -0.355 e. The number of rotatable bonds is 16. The van der Waals surface area contributed by atoms with E-state index in [2.05, 4.69) is 24.5 Å². The number of nitrogens with one attached hydrogen (secondary N) is 2. The topological polar surface area (TPSA) is 58.2 Å². The molecule has 0 saturated carbocycles. The summed E-state index contributed by atoms with van der Waals surface area (Å²) in [5, 5.41) is 6.00. The summed E-state index contributed by atoms with van der Waals surface area (Å²) in [5.74, 6) is -0.201. The molecule has 0 saturated heterocycles. The second-order valence-electron chi connectivity index (χ2n) is 7.13. The first-order valence-electron chi connectivity index (χ1n) is 10.7. The van der Waals surface area contributed by atoms with Gasteiger partial charge >= 0.3 is 0 Å². The van der Waals surface area contributed by atoms with Gasteiger partial charge in [-0.15, -0.1) is 0 Å². The van der Waals surface area contributed by atoms with Gasteiger partial charge in [0.25, 0.3) is 0 Å². The molecule has 4 heteroatoms. The summed E-state index contributed by atoms with van der Waals surface area (Å²) in [6.45, 7) is 9.61. The van der Waals surface area contributed by atoms with Crippen LogP contribution in [0.2, 0.25) is 0 Å². The number of carbonyl (C=O) groups excluding carboxylic acids is 2. The van der Waals surface area contributed by atoms with Crippen molar-refractivity contribution in [1.29, 1.82) is 0 Å². The minimum atomic E-state index is -0.910. The molecular weight excluding hydrogens is 312 g/mol. The normalized spacial score (nSPS) is 11.4. The van der Waals surface area contributed by atoms with E-state index in [-0.39, 0.29) is 11.8 Å². The zero-order valence-electron chi connectivity index (χ0n) is 17.2. The van der Waals surface area contributed by atoms with Gasteiger partial charge < -0.3 is 10.6 Å². The number of unbranched alkanes of at least 4 members (excludes halogenated alkanes) is 8. The van der Waals surface area contributed by atoms with E-state index in [0.29, 0.717) is 25.9 Å². The van der Waals surface area contributed by atoms with Crippen molar-refractivity contribution < 1.29 is 9.59 Å². The van der Waals surface area contributed by atoms with Gasteiger partial charge in [0.15, 0.2) is 0 Å². The Hall–Kier alpha value is -1.06. The summed E-state index contributed by atoms with van der Waals surface area (Å²) in [7, 11) is 0. The quantitative estimate of drug-likeness (QED) is 0.304. The van der Waals surface area contributed by atoms with Gasteiger partial charge in [0.2, 0.25) is 11.8 Å². The van der Waals surface area contributed by atoms with Crippen LogP contribution in [0.3, 0.4) is 0 Å². The highest BCUT2D eigenvalue weighted by Gasteiger charge is 2.42. The highest BCUT2D eigenvalue weighted by molar-refractivity contribution is 6.04. The average molecular weight is 355 g/mol. The molecule has 4 nitrogen and oxygen atoms in total. The molecule has 0 unspecified atom stereocenters. The van der Waals surface area contributed by atoms with Gasteiger partial charge in [-0.3, -0.25) is 9.59 Å². The minimum absolute atomic E-state index is 0.100. The van der Waals surface area contributed by atoms with Crippen LogP contribution in [-0.2, 0) is 9.59 Å². The van der Waals surface area contributed by atoms with Crippen molar-refractivity contribution in [1.82, 2.24) is 10.6 Å². The second-order valence-corrected chi connectivity index (χ2v) is 7.13. The Bertz CT molecular complexity index is 322. The molecule has 0 atom stereocenters. The number of hydrogen-bond donors (Lipinski definition) is 2. The molecule has 148 valence electrons. The summed E-state index contributed by atoms with van der Waals surface area (Å²) in [6.07, 6.45) is 12.8. The summed E-state index contributed by atoms with van der Waals surface area (Å²) < 4.78 is 0. The third-order valence-corrected chi connectivity index (χ3v) is 5.21. The van der Waals surface area contributed by atoms with Gasteiger partial charge in [-0.05, 0) is 25.7 Å². The van der Waals surface area contributed by atoms with Crippen LogP contribution in [0.15, 0.2) is 0 Å². The van der Waals surface area contributed by atoms with Crippen LogP contribution in [0.1, 0.15) is 105 Å². The fraction of sp³-hybridized carbons (Fsp3) is 0.905. The van der Waals surface area contributed by atoms with E-state index in [4.69, 9.17) is 0 Å². The molecule has 0 aliphatic carbocycles. The van der Waals surface area contributed by atoms with Crippen molar-refractivity contribution >= 4 is 11.8 Å². The van der Waals surface area contributed by atoms with E-state index in [1.165, 1.54) is 38.5 Å². The first-order chi connectivity index (χ1) is 12.1. The maximum atomic E-state index is 12.7. The molecule has 25 heavy (non-hydrogen) atoms. The first kappa shape index (κ1) is 23.9. The van der Waals surface area contributed by atoms with Crippen molar-refractivity contribution in [2.75, 3.05) is 13.1 Å². The molecular formula is C21H42N2O2. The van der Waals surface area contributed by atoms with Gasteiger partial charge in [-0.25, -0.2) is 0 Å². The van der Waals surface area contributed by atoms with Crippen molar-refractivity contribution in [3.8, 4) is 0 Å². The Labute approximate surface area is 155 Å². The van der Waals surface area contributed by atoms with Crippen molar-refractivity contribution in [3.05, 3.63) is 0 Å².